The molecule has 0 aliphatic carbocycles. The zero-order valence-electron chi connectivity index (χ0n) is 16.8. The van der Waals surface area contributed by atoms with E-state index in [0.717, 1.165) is 26.9 Å². The van der Waals surface area contributed by atoms with Crippen LogP contribution in [0.5, 0.6) is 5.75 Å². The Kier molecular flexibility index (Phi) is 5.73. The van der Waals surface area contributed by atoms with Gasteiger partial charge in [0.1, 0.15) is 10.8 Å². The van der Waals surface area contributed by atoms with Gasteiger partial charge in [0.25, 0.3) is 0 Å². The highest BCUT2D eigenvalue weighted by Crippen LogP contribution is 2.34. The third-order valence-corrected chi connectivity index (χ3v) is 8.00. The molecular formula is C22H22N2O4S2. The summed E-state index contributed by atoms with van der Waals surface area (Å²) in [4.78, 5) is 17.3. The number of ketones is 1. The van der Waals surface area contributed by atoms with Crippen molar-refractivity contribution in [2.75, 3.05) is 13.2 Å². The number of hydrogen-bond donors (Lipinski definition) is 0. The van der Waals surface area contributed by atoms with E-state index >= 15 is 0 Å². The molecule has 1 aromatic heterocycles. The Morgan fingerprint density at radius 3 is 2.47 bits per heavy atom. The fraction of sp³-hybridized carbons (Fsp3) is 0.273. The van der Waals surface area contributed by atoms with Gasteiger partial charge in [0.15, 0.2) is 5.78 Å². The second-order valence-corrected chi connectivity index (χ2v) is 10.0. The maximum atomic E-state index is 13.1. The molecule has 0 amide bonds. The lowest BCUT2D eigenvalue weighted by Crippen LogP contribution is -2.35. The van der Waals surface area contributed by atoms with Gasteiger partial charge >= 0.3 is 0 Å². The third kappa shape index (κ3) is 4.03. The van der Waals surface area contributed by atoms with E-state index in [2.05, 4.69) is 0 Å². The average molecular weight is 443 g/mol. The molecule has 2 heterocycles. The van der Waals surface area contributed by atoms with E-state index in [-0.39, 0.29) is 10.7 Å². The summed E-state index contributed by atoms with van der Waals surface area (Å²) in [7, 11) is -3.63. The van der Waals surface area contributed by atoms with Gasteiger partial charge in [-0.2, -0.15) is 4.31 Å². The van der Waals surface area contributed by atoms with Gasteiger partial charge in [0.05, 0.1) is 23.7 Å². The van der Waals surface area contributed by atoms with Gasteiger partial charge in [-0.1, -0.05) is 12.1 Å². The molecule has 0 N–H and O–H groups in total. The summed E-state index contributed by atoms with van der Waals surface area (Å²) >= 11 is 1.53. The molecule has 3 aromatic rings. The quantitative estimate of drug-likeness (QED) is 0.536. The van der Waals surface area contributed by atoms with Crippen LogP contribution in [0.2, 0.25) is 0 Å². The van der Waals surface area contributed by atoms with Crippen LogP contribution in [0, 0.1) is 0 Å². The molecule has 4 rings (SSSR count). The lowest BCUT2D eigenvalue weighted by Gasteiger charge is -2.25. The minimum Gasteiger partial charge on any atom is -0.494 e. The summed E-state index contributed by atoms with van der Waals surface area (Å²) in [6.07, 6.45) is 0.577. The summed E-state index contributed by atoms with van der Waals surface area (Å²) < 4.78 is 33.1. The number of carbonyl (C=O) groups is 1. The standard InChI is InChI=1S/C22H22N2O4S2/c1-3-28-18-8-4-17(5-9-18)22-23-20-12-13-24(14-21(20)29-22)30(26,27)19-10-6-16(7-11-19)15(2)25/h4-11H,3,12-14H2,1-2H3. The molecule has 1 aliphatic heterocycles. The number of nitrogens with zero attached hydrogens (tertiary/aromatic N) is 2. The number of thiazole rings is 1. The number of hydrogen-bond acceptors (Lipinski definition) is 6. The van der Waals surface area contributed by atoms with E-state index in [4.69, 9.17) is 9.72 Å². The molecule has 0 fully saturated rings. The number of aromatic nitrogens is 1. The zero-order valence-corrected chi connectivity index (χ0v) is 18.4. The fourth-order valence-corrected chi connectivity index (χ4v) is 5.99. The number of ether oxygens (including phenoxy) is 1. The van der Waals surface area contributed by atoms with Crippen LogP contribution in [0.25, 0.3) is 10.6 Å². The Balaban J connectivity index is 1.55. The summed E-state index contributed by atoms with van der Waals surface area (Å²) in [5.74, 6) is 0.726. The first-order valence-corrected chi connectivity index (χ1v) is 12.0. The Morgan fingerprint density at radius 2 is 1.83 bits per heavy atom. The maximum Gasteiger partial charge on any atom is 0.243 e. The summed E-state index contributed by atoms with van der Waals surface area (Å²) in [5, 5.41) is 0.883. The van der Waals surface area contributed by atoms with Crippen LogP contribution >= 0.6 is 11.3 Å². The fourth-order valence-electron chi connectivity index (χ4n) is 3.37. The van der Waals surface area contributed by atoms with Gasteiger partial charge in [0.2, 0.25) is 10.0 Å². The lowest BCUT2D eigenvalue weighted by molar-refractivity contribution is 0.101. The van der Waals surface area contributed by atoms with Crippen LogP contribution in [0.15, 0.2) is 53.4 Å². The SMILES string of the molecule is CCOc1ccc(-c2nc3c(s2)CN(S(=O)(=O)c2ccc(C(C)=O)cc2)CC3)cc1. The molecule has 2 aromatic carbocycles. The molecule has 0 radical (unpaired) electrons. The largest absolute Gasteiger partial charge is 0.494 e. The van der Waals surface area contributed by atoms with Gasteiger partial charge in [-0.15, -0.1) is 11.3 Å². The van der Waals surface area contributed by atoms with Crippen molar-refractivity contribution in [2.24, 2.45) is 0 Å². The smallest absolute Gasteiger partial charge is 0.243 e. The molecule has 0 atom stereocenters. The van der Waals surface area contributed by atoms with E-state index in [9.17, 15) is 13.2 Å². The van der Waals surface area contributed by atoms with Crippen molar-refractivity contribution in [1.82, 2.24) is 9.29 Å². The number of benzene rings is 2. The normalized spacial score (nSPS) is 14.3. The number of Topliss-reactive ketones (excluding diaryl/α,β-unsaturated/α-hetero) is 1. The minimum atomic E-state index is -3.63. The van der Waals surface area contributed by atoms with Gasteiger partial charge in [-0.3, -0.25) is 4.79 Å². The first-order chi connectivity index (χ1) is 14.4. The van der Waals surface area contributed by atoms with Crippen LogP contribution in [0.4, 0.5) is 0 Å². The maximum absolute atomic E-state index is 13.1. The Morgan fingerprint density at radius 1 is 1.13 bits per heavy atom. The van der Waals surface area contributed by atoms with Gasteiger partial charge < -0.3 is 4.74 Å². The monoisotopic (exact) mass is 442 g/mol. The Hall–Kier alpha value is -2.55. The first kappa shape index (κ1) is 20.7. The van der Waals surface area contributed by atoms with Crippen molar-refractivity contribution in [3.8, 4) is 16.3 Å². The highest BCUT2D eigenvalue weighted by atomic mass is 32.2. The van der Waals surface area contributed by atoms with Crippen molar-refractivity contribution in [3.63, 3.8) is 0 Å². The molecule has 0 spiro atoms. The van der Waals surface area contributed by atoms with Gasteiger partial charge in [-0.05, 0) is 50.2 Å². The molecule has 1 aliphatic rings. The van der Waals surface area contributed by atoms with E-state index in [1.165, 1.54) is 34.7 Å². The van der Waals surface area contributed by atoms with Crippen LogP contribution in [0.1, 0.15) is 34.8 Å². The van der Waals surface area contributed by atoms with Gasteiger partial charge in [0, 0.05) is 29.0 Å². The molecule has 0 saturated carbocycles. The molecule has 156 valence electrons. The number of rotatable bonds is 6. The van der Waals surface area contributed by atoms with Crippen LogP contribution < -0.4 is 4.74 Å². The highest BCUT2D eigenvalue weighted by Gasteiger charge is 2.30. The van der Waals surface area contributed by atoms with Crippen molar-refractivity contribution < 1.29 is 17.9 Å². The molecule has 6 nitrogen and oxygen atoms in total. The predicted octanol–water partition coefficient (Wildman–Crippen LogP) is 4.16. The van der Waals surface area contributed by atoms with Crippen LogP contribution in [-0.2, 0) is 23.0 Å². The first-order valence-electron chi connectivity index (χ1n) is 9.71. The Bertz CT molecular complexity index is 1170. The molecule has 0 saturated heterocycles. The third-order valence-electron chi connectivity index (χ3n) is 5.01. The topological polar surface area (TPSA) is 76.6 Å². The summed E-state index contributed by atoms with van der Waals surface area (Å²) in [6, 6.07) is 13.9. The van der Waals surface area contributed by atoms with Crippen molar-refractivity contribution in [1.29, 1.82) is 0 Å². The van der Waals surface area contributed by atoms with E-state index in [1.807, 2.05) is 31.2 Å². The second-order valence-electron chi connectivity index (χ2n) is 7.02. The van der Waals surface area contributed by atoms with Crippen LogP contribution in [-0.4, -0.2) is 36.6 Å². The van der Waals surface area contributed by atoms with Crippen molar-refractivity contribution in [2.45, 2.75) is 31.7 Å². The minimum absolute atomic E-state index is 0.0898. The van der Waals surface area contributed by atoms with Crippen molar-refractivity contribution in [3.05, 3.63) is 64.7 Å². The van der Waals surface area contributed by atoms with E-state index in [0.29, 0.717) is 31.7 Å². The highest BCUT2D eigenvalue weighted by molar-refractivity contribution is 7.89. The van der Waals surface area contributed by atoms with Gasteiger partial charge in [-0.25, -0.2) is 13.4 Å². The number of sulfonamides is 1. The lowest BCUT2D eigenvalue weighted by atomic mass is 10.2. The second kappa shape index (κ2) is 8.29. The molecule has 0 bridgehead atoms. The summed E-state index contributed by atoms with van der Waals surface area (Å²) in [5.41, 5.74) is 2.45. The molecule has 8 heteroatoms. The zero-order chi connectivity index (χ0) is 21.3. The number of carbonyl (C=O) groups excluding carboxylic acids is 1. The predicted molar refractivity (Wildman–Crippen MR) is 116 cm³/mol. The number of fused-ring (bicyclic) bond motifs is 1. The van der Waals surface area contributed by atoms with Crippen LogP contribution in [0.3, 0.4) is 0 Å². The summed E-state index contributed by atoms with van der Waals surface area (Å²) in [6.45, 7) is 4.71. The van der Waals surface area contributed by atoms with E-state index in [1.54, 1.807) is 12.1 Å². The Labute approximate surface area is 180 Å². The molecular weight excluding hydrogens is 420 g/mol. The van der Waals surface area contributed by atoms with E-state index < -0.39 is 10.0 Å². The van der Waals surface area contributed by atoms with Crippen molar-refractivity contribution >= 4 is 27.1 Å². The average Bonchev–Trinajstić information content (AvgIpc) is 3.18. The molecule has 30 heavy (non-hydrogen) atoms. The molecule has 0 unspecified atom stereocenters.